The molecule has 0 spiro atoms. The van der Waals surface area contributed by atoms with Gasteiger partial charge in [0.05, 0.1) is 17.8 Å². The Bertz CT molecular complexity index is 1220. The highest BCUT2D eigenvalue weighted by Crippen LogP contribution is 2.60. The van der Waals surface area contributed by atoms with Crippen molar-refractivity contribution >= 4 is 25.0 Å². The van der Waals surface area contributed by atoms with E-state index in [1.807, 2.05) is 0 Å². The molecule has 0 amide bonds. The van der Waals surface area contributed by atoms with Crippen molar-refractivity contribution in [1.29, 1.82) is 0 Å². The minimum absolute atomic E-state index is 0.00305. The van der Waals surface area contributed by atoms with Crippen LogP contribution in [-0.2, 0) is 13.3 Å². The Kier molecular flexibility index (Phi) is 14.9. The second kappa shape index (κ2) is 16.9. The number of rotatable bonds is 15. The highest BCUT2D eigenvalue weighted by Gasteiger charge is 2.51. The smallest absolute Gasteiger partial charge is 0.192 e. The first kappa shape index (κ1) is 45.1. The van der Waals surface area contributed by atoms with Crippen LogP contribution in [0.2, 0.25) is 54.4 Å². The Morgan fingerprint density at radius 2 is 1.43 bits per heavy atom. The molecule has 0 radical (unpaired) electrons. The van der Waals surface area contributed by atoms with E-state index in [-0.39, 0.29) is 27.9 Å². The lowest BCUT2D eigenvalue weighted by molar-refractivity contribution is 0.0704. The van der Waals surface area contributed by atoms with E-state index in [9.17, 15) is 0 Å². The van der Waals surface area contributed by atoms with E-state index in [4.69, 9.17) is 19.9 Å². The van der Waals surface area contributed by atoms with Gasteiger partial charge in [0.1, 0.15) is 0 Å². The van der Waals surface area contributed by atoms with Gasteiger partial charge in [-0.25, -0.2) is 0 Å². The largest absolute Gasteiger partial charge is 0.413 e. The summed E-state index contributed by atoms with van der Waals surface area (Å²) in [5.41, 5.74) is 4.67. The topological polar surface area (TPSA) is 27.7 Å². The lowest BCUT2D eigenvalue weighted by Crippen LogP contribution is -2.49. The Labute approximate surface area is 322 Å². The van der Waals surface area contributed by atoms with Gasteiger partial charge in [-0.05, 0) is 148 Å². The van der Waals surface area contributed by atoms with Crippen LogP contribution in [0.5, 0.6) is 0 Å². The summed E-state index contributed by atoms with van der Waals surface area (Å²) in [4.78, 5) is 0. The third-order valence-electron chi connectivity index (χ3n) is 15.3. The molecular formula is C45H86O3Si3. The van der Waals surface area contributed by atoms with Crippen molar-refractivity contribution in [3.8, 4) is 0 Å². The molecule has 51 heavy (non-hydrogen) atoms. The fourth-order valence-corrected chi connectivity index (χ4v) is 15.5. The van der Waals surface area contributed by atoms with Crippen molar-refractivity contribution in [2.24, 2.45) is 23.2 Å². The lowest BCUT2D eigenvalue weighted by atomic mass is 9.60. The first-order chi connectivity index (χ1) is 23.3. The molecule has 0 aromatic carbocycles. The van der Waals surface area contributed by atoms with E-state index < -0.39 is 25.0 Å². The Hall–Kier alpha value is -0.249. The minimum atomic E-state index is -1.98. The molecule has 3 rings (SSSR count). The van der Waals surface area contributed by atoms with Crippen LogP contribution in [0, 0.1) is 23.2 Å². The first-order valence-corrected chi connectivity index (χ1v) is 29.8. The summed E-state index contributed by atoms with van der Waals surface area (Å²) in [5.74, 6) is 2.28. The maximum Gasteiger partial charge on any atom is 0.192 e. The van der Waals surface area contributed by atoms with Crippen LogP contribution in [-0.4, -0.2) is 42.8 Å². The number of allylic oxidation sites excluding steroid dienone is 3. The van der Waals surface area contributed by atoms with E-state index in [1.165, 1.54) is 80.6 Å². The normalized spacial score (nSPS) is 29.5. The van der Waals surface area contributed by atoms with Crippen molar-refractivity contribution in [2.45, 2.75) is 226 Å². The fraction of sp³-hybridized carbons (Fsp3) is 0.867. The van der Waals surface area contributed by atoms with Gasteiger partial charge in [0.15, 0.2) is 25.0 Å². The Morgan fingerprint density at radius 3 is 1.98 bits per heavy atom. The van der Waals surface area contributed by atoms with Crippen LogP contribution in [0.1, 0.15) is 154 Å². The molecule has 3 nitrogen and oxygen atoms in total. The van der Waals surface area contributed by atoms with Crippen molar-refractivity contribution < 1.29 is 13.3 Å². The van der Waals surface area contributed by atoms with Crippen LogP contribution in [0.4, 0.5) is 0 Å². The molecule has 0 bridgehead atoms. The third-order valence-corrected chi connectivity index (χ3v) is 29.2. The average molecular weight is 759 g/mol. The van der Waals surface area contributed by atoms with Crippen molar-refractivity contribution in [3.63, 3.8) is 0 Å². The number of hydrogen-bond donors (Lipinski definition) is 0. The Morgan fingerprint density at radius 1 is 0.863 bits per heavy atom. The van der Waals surface area contributed by atoms with E-state index in [2.05, 4.69) is 128 Å². The van der Waals surface area contributed by atoms with E-state index >= 15 is 0 Å². The molecule has 0 heterocycles. The molecule has 0 saturated heterocycles. The van der Waals surface area contributed by atoms with Gasteiger partial charge in [-0.2, -0.15) is 0 Å². The molecule has 0 aromatic heterocycles. The van der Waals surface area contributed by atoms with Crippen LogP contribution >= 0.6 is 0 Å². The molecule has 0 aromatic rings. The fourth-order valence-electron chi connectivity index (χ4n) is 9.63. The zero-order valence-corrected chi connectivity index (χ0v) is 40.2. The second-order valence-corrected chi connectivity index (χ2v) is 35.5. The van der Waals surface area contributed by atoms with E-state index in [0.29, 0.717) is 11.3 Å². The van der Waals surface area contributed by atoms with E-state index in [1.54, 1.807) is 5.57 Å². The quantitative estimate of drug-likeness (QED) is 0.156. The molecule has 6 heteroatoms. The summed E-state index contributed by atoms with van der Waals surface area (Å²) in [7, 11) is -5.50. The molecule has 296 valence electrons. The summed E-state index contributed by atoms with van der Waals surface area (Å²) in [6.07, 6.45) is 17.6. The molecule has 3 aliphatic rings. The summed E-state index contributed by atoms with van der Waals surface area (Å²) in [6, 6.07) is 3.70. The SMILES string of the molecule is C=C1/C(=C\C=C2/CCC[C@]3(C)[C@@H]2CC[C@H]3[C@@H](C)CCCC(C)(C)O[Si](CC)(CC)CC)C[C@@H](O[Si](C)(C)C(C)(C)C)C[C@@H]1O[Si](C)(C)C(C)(C)C. The maximum atomic E-state index is 7.13. The van der Waals surface area contributed by atoms with Gasteiger partial charge in [0.25, 0.3) is 0 Å². The molecule has 3 saturated carbocycles. The summed E-state index contributed by atoms with van der Waals surface area (Å²) in [6.45, 7) is 45.4. The van der Waals surface area contributed by atoms with Crippen LogP contribution in [0.3, 0.4) is 0 Å². The molecule has 6 atom stereocenters. The molecule has 0 unspecified atom stereocenters. The second-order valence-electron chi connectivity index (χ2n) is 21.3. The maximum absolute atomic E-state index is 7.13. The highest BCUT2D eigenvalue weighted by molar-refractivity contribution is 6.74. The monoisotopic (exact) mass is 759 g/mol. The van der Waals surface area contributed by atoms with Gasteiger partial charge < -0.3 is 13.3 Å². The van der Waals surface area contributed by atoms with Crippen LogP contribution in [0.15, 0.2) is 35.5 Å². The van der Waals surface area contributed by atoms with Gasteiger partial charge in [-0.3, -0.25) is 0 Å². The predicted octanol–water partition coefficient (Wildman–Crippen LogP) is 14.8. The zero-order chi connectivity index (χ0) is 38.8. The van der Waals surface area contributed by atoms with Crippen molar-refractivity contribution in [2.75, 3.05) is 0 Å². The molecule has 0 aliphatic heterocycles. The zero-order valence-electron chi connectivity index (χ0n) is 37.2. The van der Waals surface area contributed by atoms with Gasteiger partial charge in [0.2, 0.25) is 0 Å². The third kappa shape index (κ3) is 10.7. The van der Waals surface area contributed by atoms with Gasteiger partial charge in [-0.15, -0.1) is 0 Å². The summed E-state index contributed by atoms with van der Waals surface area (Å²) >= 11 is 0. The van der Waals surface area contributed by atoms with Gasteiger partial charge in [0, 0.05) is 6.42 Å². The van der Waals surface area contributed by atoms with Crippen LogP contribution in [0.25, 0.3) is 0 Å². The number of fused-ring (bicyclic) bond motifs is 1. The van der Waals surface area contributed by atoms with Gasteiger partial charge in [-0.1, -0.05) is 113 Å². The first-order valence-electron chi connectivity index (χ1n) is 21.4. The standard InChI is InChI=1S/C45H86O3Si3/c1-19-51(20-2,21-3)48-44(12,13)30-22-24-34(4)39-28-29-40-36(25-23-31-45(39,40)14)26-27-37-32-38(46-49(15,16)42(6,7)8)33-41(35(37)5)47-50(17,18)43(9,10)11/h26-27,34,38-41H,5,19-25,28-33H2,1-4,6-18H3/b36-26+,37-27-/t34-,38+,39-,40+,41-,45-/m0/s1. The Balaban J connectivity index is 1.79. The summed E-state index contributed by atoms with van der Waals surface area (Å²) in [5, 5.41) is 0.341. The summed E-state index contributed by atoms with van der Waals surface area (Å²) < 4.78 is 21.2. The van der Waals surface area contributed by atoms with Gasteiger partial charge >= 0.3 is 0 Å². The van der Waals surface area contributed by atoms with Crippen LogP contribution < -0.4 is 0 Å². The highest BCUT2D eigenvalue weighted by atomic mass is 28.4. The van der Waals surface area contributed by atoms with Crippen molar-refractivity contribution in [1.82, 2.24) is 0 Å². The number of hydrogen-bond acceptors (Lipinski definition) is 3. The lowest BCUT2D eigenvalue weighted by Gasteiger charge is -2.46. The van der Waals surface area contributed by atoms with E-state index in [0.717, 1.165) is 24.7 Å². The minimum Gasteiger partial charge on any atom is -0.413 e. The molecule has 3 fully saturated rings. The molecular weight excluding hydrogens is 673 g/mol. The molecule has 3 aliphatic carbocycles. The predicted molar refractivity (Wildman–Crippen MR) is 232 cm³/mol. The van der Waals surface area contributed by atoms with Crippen molar-refractivity contribution in [3.05, 3.63) is 35.5 Å². The molecule has 0 N–H and O–H groups in total. The average Bonchev–Trinajstić information content (AvgIpc) is 3.36.